The molecule has 0 aliphatic rings. The lowest BCUT2D eigenvalue weighted by atomic mass is 10.0. The number of aliphatic hydroxyl groups is 1. The molecule has 90 valence electrons. The van der Waals surface area contributed by atoms with Crippen LogP contribution in [0.25, 0.3) is 0 Å². The molecule has 0 saturated carbocycles. The Hall–Kier alpha value is -1.07. The molecule has 0 amide bonds. The first-order valence-electron chi connectivity index (χ1n) is 5.16. The maximum absolute atomic E-state index is 11.2. The van der Waals surface area contributed by atoms with Gasteiger partial charge >= 0.3 is 0 Å². The number of rotatable bonds is 5. The summed E-state index contributed by atoms with van der Waals surface area (Å²) in [5.41, 5.74) is -0.370. The van der Waals surface area contributed by atoms with Crippen molar-refractivity contribution >= 4 is 17.4 Å². The van der Waals surface area contributed by atoms with E-state index in [4.69, 9.17) is 16.7 Å². The van der Waals surface area contributed by atoms with Crippen molar-refractivity contribution in [2.75, 3.05) is 11.9 Å². The van der Waals surface area contributed by atoms with Crippen LogP contribution in [0, 0.1) is 5.92 Å². The van der Waals surface area contributed by atoms with Crippen molar-refractivity contribution in [1.82, 2.24) is 9.97 Å². The van der Waals surface area contributed by atoms with Crippen molar-refractivity contribution in [2.45, 2.75) is 26.3 Å². The highest BCUT2D eigenvalue weighted by molar-refractivity contribution is 6.32. The molecule has 1 aromatic rings. The number of H-pyrrole nitrogens is 1. The van der Waals surface area contributed by atoms with E-state index in [-0.39, 0.29) is 23.2 Å². The summed E-state index contributed by atoms with van der Waals surface area (Å²) in [4.78, 5) is 17.6. The van der Waals surface area contributed by atoms with Crippen LogP contribution in [0.4, 0.5) is 5.82 Å². The third-order valence-corrected chi connectivity index (χ3v) is 2.71. The van der Waals surface area contributed by atoms with Gasteiger partial charge in [0.1, 0.15) is 5.02 Å². The SMILES string of the molecule is CC(C)C(CCO)Nc1nc[nH]c(=O)c1Cl. The molecule has 0 aliphatic heterocycles. The van der Waals surface area contributed by atoms with Gasteiger partial charge in [0.05, 0.1) is 6.33 Å². The van der Waals surface area contributed by atoms with E-state index in [0.29, 0.717) is 18.2 Å². The Morgan fingerprint density at radius 3 is 2.88 bits per heavy atom. The number of anilines is 1. The third-order valence-electron chi connectivity index (χ3n) is 2.36. The highest BCUT2D eigenvalue weighted by Gasteiger charge is 2.15. The number of aromatic amines is 1. The quantitative estimate of drug-likeness (QED) is 0.730. The van der Waals surface area contributed by atoms with Gasteiger partial charge in [0, 0.05) is 12.6 Å². The maximum Gasteiger partial charge on any atom is 0.271 e. The van der Waals surface area contributed by atoms with Crippen LogP contribution < -0.4 is 10.9 Å². The molecule has 3 N–H and O–H groups in total. The van der Waals surface area contributed by atoms with Crippen LogP contribution in [0.3, 0.4) is 0 Å². The van der Waals surface area contributed by atoms with E-state index in [1.807, 2.05) is 13.8 Å². The van der Waals surface area contributed by atoms with Crippen molar-refractivity contribution in [3.05, 3.63) is 21.7 Å². The number of hydrogen-bond donors (Lipinski definition) is 3. The zero-order valence-corrected chi connectivity index (χ0v) is 10.1. The Bertz CT molecular complexity index is 392. The lowest BCUT2D eigenvalue weighted by Crippen LogP contribution is -2.28. The predicted molar refractivity (Wildman–Crippen MR) is 63.8 cm³/mol. The van der Waals surface area contributed by atoms with Gasteiger partial charge in [0.15, 0.2) is 5.82 Å². The largest absolute Gasteiger partial charge is 0.396 e. The Morgan fingerprint density at radius 1 is 1.62 bits per heavy atom. The van der Waals surface area contributed by atoms with E-state index in [0.717, 1.165) is 0 Å². The number of aliphatic hydroxyl groups excluding tert-OH is 1. The average Bonchev–Trinajstić information content (AvgIpc) is 2.23. The van der Waals surface area contributed by atoms with Gasteiger partial charge in [-0.25, -0.2) is 4.98 Å². The Kier molecular flexibility index (Phi) is 4.76. The van der Waals surface area contributed by atoms with Gasteiger partial charge in [-0.3, -0.25) is 4.79 Å². The van der Waals surface area contributed by atoms with Gasteiger partial charge < -0.3 is 15.4 Å². The summed E-state index contributed by atoms with van der Waals surface area (Å²) in [5.74, 6) is 0.668. The highest BCUT2D eigenvalue weighted by Crippen LogP contribution is 2.17. The van der Waals surface area contributed by atoms with Crippen molar-refractivity contribution in [3.8, 4) is 0 Å². The molecule has 0 spiro atoms. The monoisotopic (exact) mass is 245 g/mol. The summed E-state index contributed by atoms with van der Waals surface area (Å²) < 4.78 is 0. The van der Waals surface area contributed by atoms with E-state index < -0.39 is 0 Å². The van der Waals surface area contributed by atoms with Crippen molar-refractivity contribution in [1.29, 1.82) is 0 Å². The minimum Gasteiger partial charge on any atom is -0.396 e. The molecule has 0 bridgehead atoms. The van der Waals surface area contributed by atoms with Crippen LogP contribution >= 0.6 is 11.6 Å². The van der Waals surface area contributed by atoms with Gasteiger partial charge in [-0.05, 0) is 12.3 Å². The first kappa shape index (κ1) is 13.0. The molecule has 6 heteroatoms. The second-order valence-electron chi connectivity index (χ2n) is 3.90. The molecule has 1 heterocycles. The zero-order chi connectivity index (χ0) is 12.1. The molecular weight excluding hydrogens is 230 g/mol. The first-order valence-corrected chi connectivity index (χ1v) is 5.54. The van der Waals surface area contributed by atoms with Crippen molar-refractivity contribution < 1.29 is 5.11 Å². The second kappa shape index (κ2) is 5.86. The van der Waals surface area contributed by atoms with E-state index in [9.17, 15) is 4.79 Å². The topological polar surface area (TPSA) is 78.0 Å². The molecule has 1 aromatic heterocycles. The molecule has 0 aliphatic carbocycles. The van der Waals surface area contributed by atoms with Gasteiger partial charge in [-0.15, -0.1) is 0 Å². The molecule has 0 saturated heterocycles. The van der Waals surface area contributed by atoms with Gasteiger partial charge in [-0.1, -0.05) is 25.4 Å². The van der Waals surface area contributed by atoms with Crippen LogP contribution in [-0.2, 0) is 0 Å². The van der Waals surface area contributed by atoms with Gasteiger partial charge in [0.25, 0.3) is 5.56 Å². The number of halogens is 1. The highest BCUT2D eigenvalue weighted by atomic mass is 35.5. The lowest BCUT2D eigenvalue weighted by molar-refractivity contribution is 0.267. The Morgan fingerprint density at radius 2 is 2.31 bits per heavy atom. The van der Waals surface area contributed by atoms with Crippen LogP contribution in [0.2, 0.25) is 5.02 Å². The molecule has 1 rings (SSSR count). The Labute approximate surface area is 98.9 Å². The van der Waals surface area contributed by atoms with Crippen LogP contribution in [0.5, 0.6) is 0 Å². The van der Waals surface area contributed by atoms with Gasteiger partial charge in [-0.2, -0.15) is 0 Å². The number of nitrogens with one attached hydrogen (secondary N) is 2. The predicted octanol–water partition coefficient (Wildman–Crippen LogP) is 1.24. The molecule has 1 atom stereocenters. The van der Waals surface area contributed by atoms with E-state index in [1.165, 1.54) is 6.33 Å². The fraction of sp³-hybridized carbons (Fsp3) is 0.600. The van der Waals surface area contributed by atoms with E-state index in [1.54, 1.807) is 0 Å². The minimum atomic E-state index is -0.370. The van der Waals surface area contributed by atoms with Crippen molar-refractivity contribution in [2.24, 2.45) is 5.92 Å². The minimum absolute atomic E-state index is 0.0387. The number of nitrogens with zero attached hydrogens (tertiary/aromatic N) is 1. The van der Waals surface area contributed by atoms with Crippen LogP contribution in [-0.4, -0.2) is 27.7 Å². The van der Waals surface area contributed by atoms with Crippen LogP contribution in [0.15, 0.2) is 11.1 Å². The third kappa shape index (κ3) is 3.21. The summed E-state index contributed by atoms with van der Waals surface area (Å²) in [6.45, 7) is 4.12. The maximum atomic E-state index is 11.2. The molecule has 1 unspecified atom stereocenters. The molecule has 5 nitrogen and oxygen atoms in total. The van der Waals surface area contributed by atoms with E-state index >= 15 is 0 Å². The van der Waals surface area contributed by atoms with Crippen molar-refractivity contribution in [3.63, 3.8) is 0 Å². The average molecular weight is 246 g/mol. The smallest absolute Gasteiger partial charge is 0.271 e. The normalized spacial score (nSPS) is 12.8. The zero-order valence-electron chi connectivity index (χ0n) is 9.33. The second-order valence-corrected chi connectivity index (χ2v) is 4.28. The van der Waals surface area contributed by atoms with Crippen LogP contribution in [0.1, 0.15) is 20.3 Å². The molecule has 0 radical (unpaired) electrons. The fourth-order valence-corrected chi connectivity index (χ4v) is 1.53. The molecule has 16 heavy (non-hydrogen) atoms. The number of hydrogen-bond acceptors (Lipinski definition) is 4. The standard InChI is InChI=1S/C10H16ClN3O2/c1-6(2)7(3-4-15)14-9-8(11)10(16)13-5-12-9/h5-7,15H,3-4H2,1-2H3,(H2,12,13,14,16). The summed E-state index contributed by atoms with van der Waals surface area (Å²) >= 11 is 5.81. The fourth-order valence-electron chi connectivity index (χ4n) is 1.37. The van der Waals surface area contributed by atoms with E-state index in [2.05, 4.69) is 15.3 Å². The van der Waals surface area contributed by atoms with Gasteiger partial charge in [0.2, 0.25) is 0 Å². The molecule has 0 aromatic carbocycles. The number of aromatic nitrogens is 2. The summed E-state index contributed by atoms with van der Waals surface area (Å²) in [7, 11) is 0. The summed E-state index contributed by atoms with van der Waals surface area (Å²) in [6.07, 6.45) is 1.88. The molecule has 0 fully saturated rings. The summed E-state index contributed by atoms with van der Waals surface area (Å²) in [5, 5.41) is 12.0. The first-order chi connectivity index (χ1) is 7.56. The Balaban J connectivity index is 2.85. The molecular formula is C10H16ClN3O2. The lowest BCUT2D eigenvalue weighted by Gasteiger charge is -2.22. The summed E-state index contributed by atoms with van der Waals surface area (Å²) in [6, 6.07) is 0.0387.